The summed E-state index contributed by atoms with van der Waals surface area (Å²) in [5.41, 5.74) is 0. The predicted molar refractivity (Wildman–Crippen MR) is 75.2 cm³/mol. The Hall–Kier alpha value is -1.02. The van der Waals surface area contributed by atoms with E-state index in [-0.39, 0.29) is 5.78 Å². The molecule has 0 amide bonds. The quantitative estimate of drug-likeness (QED) is 0.507. The van der Waals surface area contributed by atoms with Gasteiger partial charge < -0.3 is 0 Å². The molecular formula is C15H20OS. The molecule has 0 heterocycles. The van der Waals surface area contributed by atoms with Crippen LogP contribution in [-0.4, -0.2) is 5.78 Å². The molecule has 0 aromatic heterocycles. The van der Waals surface area contributed by atoms with Crippen LogP contribution in [0.1, 0.15) is 39.5 Å². The van der Waals surface area contributed by atoms with Crippen molar-refractivity contribution in [2.45, 2.75) is 44.4 Å². The lowest BCUT2D eigenvalue weighted by Crippen LogP contribution is -1.91. The minimum absolute atomic E-state index is 0.222. The third-order valence-corrected chi connectivity index (χ3v) is 3.53. The summed E-state index contributed by atoms with van der Waals surface area (Å²) < 4.78 is 0. The van der Waals surface area contributed by atoms with E-state index in [2.05, 4.69) is 19.1 Å². The van der Waals surface area contributed by atoms with Gasteiger partial charge in [-0.15, -0.1) is 0 Å². The van der Waals surface area contributed by atoms with Gasteiger partial charge in [-0.1, -0.05) is 50.2 Å². The number of ketones is 1. The fraction of sp³-hybridized carbons (Fsp3) is 0.400. The van der Waals surface area contributed by atoms with E-state index in [1.54, 1.807) is 11.8 Å². The third kappa shape index (κ3) is 5.73. The van der Waals surface area contributed by atoms with Crippen molar-refractivity contribution in [1.29, 1.82) is 0 Å². The second-order valence-electron chi connectivity index (χ2n) is 3.95. The summed E-state index contributed by atoms with van der Waals surface area (Å²) in [5, 5.41) is 0. The minimum Gasteiger partial charge on any atom is -0.295 e. The number of benzene rings is 1. The molecule has 0 saturated carbocycles. The van der Waals surface area contributed by atoms with Crippen molar-refractivity contribution in [3.63, 3.8) is 0 Å². The van der Waals surface area contributed by atoms with Gasteiger partial charge in [0.15, 0.2) is 5.78 Å². The monoisotopic (exact) mass is 248 g/mol. The standard InChI is InChI=1S/C15H20OS/c1-3-5-9-15(12-13(16)4-2)17-14-10-7-6-8-11-14/h6-8,10-12H,3-5,9H2,1-2H3/b15-12-. The van der Waals surface area contributed by atoms with Crippen molar-refractivity contribution in [1.82, 2.24) is 0 Å². The van der Waals surface area contributed by atoms with Gasteiger partial charge in [0.2, 0.25) is 0 Å². The van der Waals surface area contributed by atoms with E-state index in [4.69, 9.17) is 0 Å². The van der Waals surface area contributed by atoms with Crippen LogP contribution < -0.4 is 0 Å². The molecule has 0 fully saturated rings. The Kier molecular flexibility index (Phi) is 6.71. The minimum atomic E-state index is 0.222. The van der Waals surface area contributed by atoms with E-state index < -0.39 is 0 Å². The molecule has 0 aliphatic heterocycles. The molecule has 0 radical (unpaired) electrons. The molecule has 0 spiro atoms. The summed E-state index contributed by atoms with van der Waals surface area (Å²) >= 11 is 1.71. The van der Waals surface area contributed by atoms with Gasteiger partial charge in [0.05, 0.1) is 0 Å². The van der Waals surface area contributed by atoms with Gasteiger partial charge in [-0.05, 0) is 36.0 Å². The van der Waals surface area contributed by atoms with Crippen LogP contribution >= 0.6 is 11.8 Å². The Bertz CT molecular complexity index is 368. The van der Waals surface area contributed by atoms with Crippen LogP contribution in [0.25, 0.3) is 0 Å². The largest absolute Gasteiger partial charge is 0.295 e. The fourth-order valence-electron chi connectivity index (χ4n) is 1.43. The summed E-state index contributed by atoms with van der Waals surface area (Å²) in [4.78, 5) is 13.9. The number of allylic oxidation sites excluding steroid dienone is 2. The molecule has 0 saturated heterocycles. The molecule has 0 N–H and O–H groups in total. The van der Waals surface area contributed by atoms with E-state index in [9.17, 15) is 4.79 Å². The molecule has 17 heavy (non-hydrogen) atoms. The number of thioether (sulfide) groups is 1. The topological polar surface area (TPSA) is 17.1 Å². The molecule has 1 aromatic carbocycles. The van der Waals surface area contributed by atoms with Crippen molar-refractivity contribution in [2.75, 3.05) is 0 Å². The summed E-state index contributed by atoms with van der Waals surface area (Å²) in [6.45, 7) is 4.08. The zero-order valence-corrected chi connectivity index (χ0v) is 11.4. The highest BCUT2D eigenvalue weighted by atomic mass is 32.2. The van der Waals surface area contributed by atoms with Gasteiger partial charge >= 0.3 is 0 Å². The average molecular weight is 248 g/mol. The van der Waals surface area contributed by atoms with Crippen LogP contribution in [0.15, 0.2) is 46.2 Å². The first-order chi connectivity index (χ1) is 8.26. The van der Waals surface area contributed by atoms with Gasteiger partial charge in [-0.3, -0.25) is 4.79 Å². The van der Waals surface area contributed by atoms with Gasteiger partial charge in [-0.25, -0.2) is 0 Å². The SMILES string of the molecule is CCCC/C(=C/C(=O)CC)Sc1ccccc1. The fourth-order valence-corrected chi connectivity index (χ4v) is 2.46. The Morgan fingerprint density at radius 1 is 1.24 bits per heavy atom. The Morgan fingerprint density at radius 3 is 2.53 bits per heavy atom. The molecule has 1 rings (SSSR count). The number of carbonyl (C=O) groups is 1. The first kappa shape index (κ1) is 14.0. The molecule has 0 atom stereocenters. The lowest BCUT2D eigenvalue weighted by atomic mass is 10.2. The molecule has 0 bridgehead atoms. The molecule has 0 aliphatic carbocycles. The van der Waals surface area contributed by atoms with Crippen molar-refractivity contribution in [2.24, 2.45) is 0 Å². The molecule has 2 heteroatoms. The zero-order chi connectivity index (χ0) is 12.5. The van der Waals surface area contributed by atoms with Crippen LogP contribution in [0.5, 0.6) is 0 Å². The maximum atomic E-state index is 11.5. The summed E-state index contributed by atoms with van der Waals surface area (Å²) in [5.74, 6) is 0.222. The number of hydrogen-bond donors (Lipinski definition) is 0. The smallest absolute Gasteiger partial charge is 0.156 e. The van der Waals surface area contributed by atoms with E-state index >= 15 is 0 Å². The summed E-state index contributed by atoms with van der Waals surface area (Å²) in [7, 11) is 0. The molecular weight excluding hydrogens is 228 g/mol. The molecule has 92 valence electrons. The first-order valence-electron chi connectivity index (χ1n) is 6.22. The zero-order valence-electron chi connectivity index (χ0n) is 10.6. The number of rotatable bonds is 7. The first-order valence-corrected chi connectivity index (χ1v) is 7.04. The lowest BCUT2D eigenvalue weighted by molar-refractivity contribution is -0.114. The second-order valence-corrected chi connectivity index (χ2v) is 5.15. The third-order valence-electron chi connectivity index (χ3n) is 2.44. The van der Waals surface area contributed by atoms with Crippen molar-refractivity contribution >= 4 is 17.5 Å². The second kappa shape index (κ2) is 8.13. The van der Waals surface area contributed by atoms with Crippen LogP contribution in [0.3, 0.4) is 0 Å². The molecule has 0 aliphatic rings. The van der Waals surface area contributed by atoms with Crippen molar-refractivity contribution in [3.05, 3.63) is 41.3 Å². The Morgan fingerprint density at radius 2 is 1.94 bits per heavy atom. The molecule has 1 aromatic rings. The number of carbonyl (C=O) groups excluding carboxylic acids is 1. The van der Waals surface area contributed by atoms with E-state index in [1.165, 1.54) is 9.80 Å². The Balaban J connectivity index is 2.70. The van der Waals surface area contributed by atoms with E-state index in [1.807, 2.05) is 31.2 Å². The van der Waals surface area contributed by atoms with Gasteiger partial charge in [0, 0.05) is 11.3 Å². The predicted octanol–water partition coefficient (Wildman–Crippen LogP) is 4.83. The van der Waals surface area contributed by atoms with Crippen LogP contribution in [0.2, 0.25) is 0 Å². The maximum absolute atomic E-state index is 11.5. The highest BCUT2D eigenvalue weighted by molar-refractivity contribution is 8.03. The number of unbranched alkanes of at least 4 members (excludes halogenated alkanes) is 1. The van der Waals surface area contributed by atoms with Crippen LogP contribution in [0.4, 0.5) is 0 Å². The van der Waals surface area contributed by atoms with Crippen molar-refractivity contribution < 1.29 is 4.79 Å². The average Bonchev–Trinajstić information content (AvgIpc) is 2.37. The maximum Gasteiger partial charge on any atom is 0.156 e. The van der Waals surface area contributed by atoms with E-state index in [0.717, 1.165) is 19.3 Å². The highest BCUT2D eigenvalue weighted by Gasteiger charge is 2.03. The Labute approximate surface area is 108 Å². The molecule has 1 nitrogen and oxygen atoms in total. The lowest BCUT2D eigenvalue weighted by Gasteiger charge is -2.06. The van der Waals surface area contributed by atoms with E-state index in [0.29, 0.717) is 6.42 Å². The van der Waals surface area contributed by atoms with Gasteiger partial charge in [0.1, 0.15) is 0 Å². The summed E-state index contributed by atoms with van der Waals surface area (Å²) in [6.07, 6.45) is 5.70. The van der Waals surface area contributed by atoms with Gasteiger partial charge in [0.25, 0.3) is 0 Å². The normalized spacial score (nSPS) is 11.5. The summed E-state index contributed by atoms with van der Waals surface area (Å²) in [6, 6.07) is 10.2. The molecule has 0 unspecified atom stereocenters. The van der Waals surface area contributed by atoms with Gasteiger partial charge in [-0.2, -0.15) is 0 Å². The highest BCUT2D eigenvalue weighted by Crippen LogP contribution is 2.29. The van der Waals surface area contributed by atoms with Crippen molar-refractivity contribution in [3.8, 4) is 0 Å². The van der Waals surface area contributed by atoms with Crippen LogP contribution in [-0.2, 0) is 4.79 Å². The number of hydrogen-bond acceptors (Lipinski definition) is 2. The van der Waals surface area contributed by atoms with Crippen LogP contribution in [0, 0.1) is 0 Å².